The highest BCUT2D eigenvalue weighted by atomic mass is 16.6. The van der Waals surface area contributed by atoms with Crippen molar-refractivity contribution < 1.29 is 19.2 Å². The Labute approximate surface area is 158 Å². The van der Waals surface area contributed by atoms with Gasteiger partial charge in [-0.05, 0) is 30.0 Å². The third-order valence-corrected chi connectivity index (χ3v) is 3.97. The highest BCUT2D eigenvalue weighted by Gasteiger charge is 2.20. The van der Waals surface area contributed by atoms with E-state index in [9.17, 15) is 14.9 Å². The van der Waals surface area contributed by atoms with Crippen LogP contribution in [0.1, 0.15) is 31.9 Å². The molecule has 1 atom stereocenters. The van der Waals surface area contributed by atoms with Crippen LogP contribution in [0.3, 0.4) is 0 Å². The van der Waals surface area contributed by atoms with Gasteiger partial charge in [0.05, 0.1) is 24.1 Å². The van der Waals surface area contributed by atoms with Gasteiger partial charge in [0.1, 0.15) is 5.75 Å². The zero-order chi connectivity index (χ0) is 19.8. The van der Waals surface area contributed by atoms with Gasteiger partial charge in [-0.2, -0.15) is 0 Å². The molecule has 0 aliphatic heterocycles. The van der Waals surface area contributed by atoms with E-state index in [1.54, 1.807) is 6.07 Å². The lowest BCUT2D eigenvalue weighted by atomic mass is 9.97. The first-order valence-corrected chi connectivity index (χ1v) is 8.70. The second kappa shape index (κ2) is 9.56. The summed E-state index contributed by atoms with van der Waals surface area (Å²) in [5, 5.41) is 14.1. The molecule has 0 saturated carbocycles. The number of nitro benzene ring substituents is 1. The van der Waals surface area contributed by atoms with Crippen LogP contribution in [0.2, 0.25) is 0 Å². The summed E-state index contributed by atoms with van der Waals surface area (Å²) in [5.41, 5.74) is 0.763. The molecule has 144 valence electrons. The van der Waals surface area contributed by atoms with Crippen molar-refractivity contribution in [3.63, 3.8) is 0 Å². The Morgan fingerprint density at radius 3 is 2.48 bits per heavy atom. The van der Waals surface area contributed by atoms with E-state index in [0.717, 1.165) is 12.0 Å². The van der Waals surface area contributed by atoms with Crippen molar-refractivity contribution in [2.24, 2.45) is 5.92 Å². The Morgan fingerprint density at radius 1 is 1.19 bits per heavy atom. The molecule has 0 aliphatic carbocycles. The van der Waals surface area contributed by atoms with Crippen LogP contribution < -0.4 is 14.8 Å². The van der Waals surface area contributed by atoms with Gasteiger partial charge in [-0.3, -0.25) is 14.9 Å². The van der Waals surface area contributed by atoms with Crippen molar-refractivity contribution >= 4 is 11.6 Å². The number of hydrogen-bond acceptors (Lipinski definition) is 5. The lowest BCUT2D eigenvalue weighted by Gasteiger charge is -2.21. The van der Waals surface area contributed by atoms with Crippen molar-refractivity contribution in [3.8, 4) is 11.5 Å². The van der Waals surface area contributed by atoms with Crippen LogP contribution in [0.25, 0.3) is 0 Å². The SMILES string of the molecule is COc1ccc(OCC(=O)N[C@@H](CC(C)C)c2ccccc2)c([N+](=O)[O-])c1. The van der Waals surface area contributed by atoms with E-state index in [2.05, 4.69) is 19.2 Å². The molecule has 0 spiro atoms. The summed E-state index contributed by atoms with van der Waals surface area (Å²) in [6.45, 7) is 3.85. The third kappa shape index (κ3) is 5.99. The number of ether oxygens (including phenoxy) is 2. The summed E-state index contributed by atoms with van der Waals surface area (Å²) < 4.78 is 10.4. The summed E-state index contributed by atoms with van der Waals surface area (Å²) in [5.74, 6) is 0.421. The summed E-state index contributed by atoms with van der Waals surface area (Å²) in [6, 6.07) is 13.8. The minimum Gasteiger partial charge on any atom is -0.496 e. The van der Waals surface area contributed by atoms with Crippen molar-refractivity contribution in [3.05, 3.63) is 64.2 Å². The van der Waals surface area contributed by atoms with Gasteiger partial charge in [0, 0.05) is 0 Å². The molecule has 0 aromatic heterocycles. The molecule has 27 heavy (non-hydrogen) atoms. The van der Waals surface area contributed by atoms with Crippen LogP contribution in [0, 0.1) is 16.0 Å². The largest absolute Gasteiger partial charge is 0.496 e. The molecule has 0 fully saturated rings. The molecule has 7 nitrogen and oxygen atoms in total. The number of rotatable bonds is 9. The lowest BCUT2D eigenvalue weighted by molar-refractivity contribution is -0.385. The fraction of sp³-hybridized carbons (Fsp3) is 0.350. The van der Waals surface area contributed by atoms with Crippen molar-refractivity contribution in [1.29, 1.82) is 0 Å². The zero-order valence-electron chi connectivity index (χ0n) is 15.7. The number of carbonyl (C=O) groups excluding carboxylic acids is 1. The minimum atomic E-state index is -0.568. The summed E-state index contributed by atoms with van der Waals surface area (Å²) in [7, 11) is 1.42. The first-order valence-electron chi connectivity index (χ1n) is 8.70. The Kier molecular flexibility index (Phi) is 7.16. The van der Waals surface area contributed by atoms with Gasteiger partial charge in [-0.15, -0.1) is 0 Å². The molecule has 1 N–H and O–H groups in total. The molecule has 2 rings (SSSR count). The topological polar surface area (TPSA) is 90.7 Å². The summed E-state index contributed by atoms with van der Waals surface area (Å²) >= 11 is 0. The van der Waals surface area contributed by atoms with Crippen molar-refractivity contribution in [1.82, 2.24) is 5.32 Å². The molecular weight excluding hydrogens is 348 g/mol. The molecule has 1 amide bonds. The van der Waals surface area contributed by atoms with E-state index in [1.165, 1.54) is 19.2 Å². The maximum atomic E-state index is 12.4. The van der Waals surface area contributed by atoms with E-state index < -0.39 is 4.92 Å². The standard InChI is InChI=1S/C20H24N2O5/c1-14(2)11-17(15-7-5-4-6-8-15)21-20(23)13-27-19-10-9-16(26-3)12-18(19)22(24)25/h4-10,12,14,17H,11,13H2,1-3H3,(H,21,23)/t17-/m0/s1. The second-order valence-electron chi connectivity index (χ2n) is 6.54. The van der Waals surface area contributed by atoms with Gasteiger partial charge >= 0.3 is 5.69 Å². The Bertz CT molecular complexity index is 777. The fourth-order valence-corrected chi connectivity index (χ4v) is 2.70. The Morgan fingerprint density at radius 2 is 1.89 bits per heavy atom. The van der Waals surface area contributed by atoms with E-state index in [1.807, 2.05) is 30.3 Å². The van der Waals surface area contributed by atoms with Crippen LogP contribution in [0.15, 0.2) is 48.5 Å². The highest BCUT2D eigenvalue weighted by Crippen LogP contribution is 2.31. The van der Waals surface area contributed by atoms with Crippen LogP contribution in [-0.4, -0.2) is 24.5 Å². The van der Waals surface area contributed by atoms with Gasteiger partial charge in [-0.1, -0.05) is 44.2 Å². The number of nitro groups is 1. The number of hydrogen-bond donors (Lipinski definition) is 1. The van der Waals surface area contributed by atoms with Crippen molar-refractivity contribution in [2.75, 3.05) is 13.7 Å². The smallest absolute Gasteiger partial charge is 0.314 e. The minimum absolute atomic E-state index is 0.0241. The zero-order valence-corrected chi connectivity index (χ0v) is 15.7. The molecule has 0 saturated heterocycles. The normalized spacial score (nSPS) is 11.7. The molecule has 0 bridgehead atoms. The number of benzene rings is 2. The summed E-state index contributed by atoms with van der Waals surface area (Å²) in [6.07, 6.45) is 0.776. The number of amides is 1. The predicted octanol–water partition coefficient (Wildman–Crippen LogP) is 3.89. The predicted molar refractivity (Wildman–Crippen MR) is 102 cm³/mol. The van der Waals surface area contributed by atoms with E-state index >= 15 is 0 Å². The maximum absolute atomic E-state index is 12.4. The van der Waals surface area contributed by atoms with Crippen LogP contribution in [0.4, 0.5) is 5.69 Å². The van der Waals surface area contributed by atoms with Crippen molar-refractivity contribution in [2.45, 2.75) is 26.3 Å². The van der Waals surface area contributed by atoms with Gasteiger partial charge in [0.2, 0.25) is 0 Å². The third-order valence-electron chi connectivity index (χ3n) is 3.97. The molecule has 0 heterocycles. The first-order chi connectivity index (χ1) is 12.9. The van der Waals surface area contributed by atoms with E-state index in [-0.39, 0.29) is 30.0 Å². The van der Waals surface area contributed by atoms with Crippen LogP contribution in [-0.2, 0) is 4.79 Å². The van der Waals surface area contributed by atoms with Crippen LogP contribution >= 0.6 is 0 Å². The maximum Gasteiger partial charge on any atom is 0.314 e. The lowest BCUT2D eigenvalue weighted by Crippen LogP contribution is -2.33. The summed E-state index contributed by atoms with van der Waals surface area (Å²) in [4.78, 5) is 23.0. The van der Waals surface area contributed by atoms with Gasteiger partial charge in [-0.25, -0.2) is 0 Å². The average molecular weight is 372 g/mol. The molecule has 0 aliphatic rings. The molecule has 0 unspecified atom stereocenters. The van der Waals surface area contributed by atoms with Gasteiger partial charge < -0.3 is 14.8 Å². The molecule has 0 radical (unpaired) electrons. The number of nitrogens with one attached hydrogen (secondary N) is 1. The molecule has 2 aromatic carbocycles. The monoisotopic (exact) mass is 372 g/mol. The second-order valence-corrected chi connectivity index (χ2v) is 6.54. The number of nitrogens with zero attached hydrogens (tertiary/aromatic N) is 1. The number of methoxy groups -OCH3 is 1. The van der Waals surface area contributed by atoms with Gasteiger partial charge in [0.15, 0.2) is 12.4 Å². The number of carbonyl (C=O) groups is 1. The molecule has 2 aromatic rings. The first kappa shape index (κ1) is 20.2. The average Bonchev–Trinajstić information content (AvgIpc) is 2.66. The molecular formula is C20H24N2O5. The van der Waals surface area contributed by atoms with Crippen LogP contribution in [0.5, 0.6) is 11.5 Å². The quantitative estimate of drug-likeness (QED) is 0.533. The Balaban J connectivity index is 2.05. The van der Waals surface area contributed by atoms with Gasteiger partial charge in [0.25, 0.3) is 5.91 Å². The molecule has 7 heteroatoms. The van der Waals surface area contributed by atoms with E-state index in [4.69, 9.17) is 9.47 Å². The highest BCUT2D eigenvalue weighted by molar-refractivity contribution is 5.78. The fourth-order valence-electron chi connectivity index (χ4n) is 2.70. The Hall–Kier alpha value is -3.09. The van der Waals surface area contributed by atoms with E-state index in [0.29, 0.717) is 11.7 Å².